The smallest absolute Gasteiger partial charge is 0.191 e. The highest BCUT2D eigenvalue weighted by atomic mass is 16.5. The lowest BCUT2D eigenvalue weighted by molar-refractivity contribution is 0.305. The standard InChI is InChI=1S/C20H25N3O/c1-21-20(22-13-16-11-12-16)23-14-17-7-5-6-8-18(17)15-24-19-9-3-2-4-10-19/h2-10,16H,11-15H2,1H3,(H2,21,22,23). The van der Waals surface area contributed by atoms with E-state index in [1.54, 1.807) is 0 Å². The van der Waals surface area contributed by atoms with Gasteiger partial charge in [0, 0.05) is 20.1 Å². The third kappa shape index (κ3) is 5.01. The summed E-state index contributed by atoms with van der Waals surface area (Å²) < 4.78 is 5.88. The molecule has 1 fully saturated rings. The molecule has 0 radical (unpaired) electrons. The van der Waals surface area contributed by atoms with Gasteiger partial charge in [0.2, 0.25) is 0 Å². The largest absolute Gasteiger partial charge is 0.489 e. The van der Waals surface area contributed by atoms with Gasteiger partial charge >= 0.3 is 0 Å². The number of hydrogen-bond acceptors (Lipinski definition) is 2. The summed E-state index contributed by atoms with van der Waals surface area (Å²) in [5.74, 6) is 2.58. The van der Waals surface area contributed by atoms with Crippen LogP contribution in [0.15, 0.2) is 59.6 Å². The van der Waals surface area contributed by atoms with Crippen molar-refractivity contribution in [1.29, 1.82) is 0 Å². The van der Waals surface area contributed by atoms with Gasteiger partial charge in [0.1, 0.15) is 12.4 Å². The van der Waals surface area contributed by atoms with Crippen LogP contribution in [0.25, 0.3) is 0 Å². The first-order valence-electron chi connectivity index (χ1n) is 8.54. The van der Waals surface area contributed by atoms with E-state index in [1.165, 1.54) is 24.0 Å². The maximum atomic E-state index is 5.88. The summed E-state index contributed by atoms with van der Waals surface area (Å²) in [6.07, 6.45) is 2.67. The summed E-state index contributed by atoms with van der Waals surface area (Å²) in [5, 5.41) is 6.78. The predicted molar refractivity (Wildman–Crippen MR) is 98.1 cm³/mol. The molecule has 0 aromatic heterocycles. The number of para-hydroxylation sites is 1. The molecule has 0 amide bonds. The van der Waals surface area contributed by atoms with Crippen molar-refractivity contribution in [2.45, 2.75) is 26.0 Å². The van der Waals surface area contributed by atoms with Gasteiger partial charge in [0.15, 0.2) is 5.96 Å². The number of nitrogens with zero attached hydrogens (tertiary/aromatic N) is 1. The molecule has 3 rings (SSSR count). The zero-order valence-electron chi connectivity index (χ0n) is 14.2. The van der Waals surface area contributed by atoms with Crippen LogP contribution in [0.3, 0.4) is 0 Å². The van der Waals surface area contributed by atoms with Crippen molar-refractivity contribution in [3.05, 3.63) is 65.7 Å². The Balaban J connectivity index is 1.54. The van der Waals surface area contributed by atoms with Crippen LogP contribution < -0.4 is 15.4 Å². The number of ether oxygens (including phenoxy) is 1. The fraction of sp³-hybridized carbons (Fsp3) is 0.350. The monoisotopic (exact) mass is 323 g/mol. The minimum absolute atomic E-state index is 0.565. The van der Waals surface area contributed by atoms with Gasteiger partial charge in [0.05, 0.1) is 0 Å². The van der Waals surface area contributed by atoms with Gasteiger partial charge < -0.3 is 15.4 Å². The zero-order valence-corrected chi connectivity index (χ0v) is 14.2. The molecule has 0 spiro atoms. The van der Waals surface area contributed by atoms with Crippen molar-refractivity contribution in [2.75, 3.05) is 13.6 Å². The second-order valence-corrected chi connectivity index (χ2v) is 6.12. The Morgan fingerprint density at radius 1 is 1.00 bits per heavy atom. The molecule has 4 nitrogen and oxygen atoms in total. The summed E-state index contributed by atoms with van der Waals surface area (Å²) in [4.78, 5) is 4.29. The average molecular weight is 323 g/mol. The SMILES string of the molecule is CN=C(NCc1ccccc1COc1ccccc1)NCC1CC1. The summed E-state index contributed by atoms with van der Waals surface area (Å²) in [6, 6.07) is 18.3. The Hall–Kier alpha value is -2.49. The van der Waals surface area contributed by atoms with Crippen LogP contribution in [0.2, 0.25) is 0 Å². The fourth-order valence-corrected chi connectivity index (χ4v) is 2.51. The lowest BCUT2D eigenvalue weighted by Gasteiger charge is -2.14. The number of hydrogen-bond donors (Lipinski definition) is 2. The molecule has 0 bridgehead atoms. The molecule has 1 aliphatic carbocycles. The lowest BCUT2D eigenvalue weighted by Crippen LogP contribution is -2.38. The molecule has 0 saturated heterocycles. The van der Waals surface area contributed by atoms with E-state index in [4.69, 9.17) is 4.74 Å². The lowest BCUT2D eigenvalue weighted by atomic mass is 10.1. The van der Waals surface area contributed by atoms with E-state index in [0.717, 1.165) is 30.7 Å². The molecule has 126 valence electrons. The minimum Gasteiger partial charge on any atom is -0.489 e. The molecule has 0 aliphatic heterocycles. The summed E-state index contributed by atoms with van der Waals surface area (Å²) >= 11 is 0. The van der Waals surface area contributed by atoms with Crippen molar-refractivity contribution in [1.82, 2.24) is 10.6 Å². The van der Waals surface area contributed by atoms with Crippen LogP contribution in [0.5, 0.6) is 5.75 Å². The van der Waals surface area contributed by atoms with E-state index in [0.29, 0.717) is 6.61 Å². The van der Waals surface area contributed by atoms with E-state index >= 15 is 0 Å². The van der Waals surface area contributed by atoms with Gasteiger partial charge in [-0.1, -0.05) is 42.5 Å². The molecule has 2 aromatic rings. The van der Waals surface area contributed by atoms with Gasteiger partial charge in [0.25, 0.3) is 0 Å². The van der Waals surface area contributed by atoms with Crippen LogP contribution in [-0.2, 0) is 13.2 Å². The summed E-state index contributed by atoms with van der Waals surface area (Å²) in [6.45, 7) is 2.31. The molecule has 0 atom stereocenters. The van der Waals surface area contributed by atoms with Gasteiger partial charge in [-0.05, 0) is 42.0 Å². The highest BCUT2D eigenvalue weighted by Gasteiger charge is 2.21. The van der Waals surface area contributed by atoms with Gasteiger partial charge in [-0.25, -0.2) is 0 Å². The normalized spacial score (nSPS) is 14.3. The topological polar surface area (TPSA) is 45.7 Å². The summed E-state index contributed by atoms with van der Waals surface area (Å²) in [5.41, 5.74) is 2.41. The van der Waals surface area contributed by atoms with Crippen LogP contribution in [-0.4, -0.2) is 19.6 Å². The molecular formula is C20H25N3O. The Kier molecular flexibility index (Phi) is 5.72. The Morgan fingerprint density at radius 3 is 2.42 bits per heavy atom. The third-order valence-corrected chi connectivity index (χ3v) is 4.18. The van der Waals surface area contributed by atoms with Crippen molar-refractivity contribution in [2.24, 2.45) is 10.9 Å². The Bertz CT molecular complexity index is 666. The van der Waals surface area contributed by atoms with Gasteiger partial charge in [-0.15, -0.1) is 0 Å². The van der Waals surface area contributed by atoms with E-state index in [2.05, 4.69) is 33.8 Å². The van der Waals surface area contributed by atoms with Crippen molar-refractivity contribution in [3.63, 3.8) is 0 Å². The van der Waals surface area contributed by atoms with Gasteiger partial charge in [-0.3, -0.25) is 4.99 Å². The number of benzene rings is 2. The molecule has 2 N–H and O–H groups in total. The third-order valence-electron chi connectivity index (χ3n) is 4.18. The number of aliphatic imine (C=N–C) groups is 1. The second kappa shape index (κ2) is 8.39. The minimum atomic E-state index is 0.565. The fourth-order valence-electron chi connectivity index (χ4n) is 2.51. The first-order chi connectivity index (χ1) is 11.8. The van der Waals surface area contributed by atoms with Crippen LogP contribution >= 0.6 is 0 Å². The average Bonchev–Trinajstić information content (AvgIpc) is 3.46. The zero-order chi connectivity index (χ0) is 16.6. The van der Waals surface area contributed by atoms with Crippen molar-refractivity contribution < 1.29 is 4.74 Å². The van der Waals surface area contributed by atoms with E-state index < -0.39 is 0 Å². The van der Waals surface area contributed by atoms with E-state index in [-0.39, 0.29) is 0 Å². The van der Waals surface area contributed by atoms with Gasteiger partial charge in [-0.2, -0.15) is 0 Å². The molecule has 1 saturated carbocycles. The van der Waals surface area contributed by atoms with Crippen molar-refractivity contribution in [3.8, 4) is 5.75 Å². The highest BCUT2D eigenvalue weighted by molar-refractivity contribution is 5.79. The first-order valence-corrected chi connectivity index (χ1v) is 8.54. The molecular weight excluding hydrogens is 298 g/mol. The molecule has 2 aromatic carbocycles. The summed E-state index contributed by atoms with van der Waals surface area (Å²) in [7, 11) is 1.81. The van der Waals surface area contributed by atoms with E-state index in [1.807, 2.05) is 43.4 Å². The quantitative estimate of drug-likeness (QED) is 0.607. The maximum absolute atomic E-state index is 5.88. The predicted octanol–water partition coefficient (Wildman–Crippen LogP) is 3.34. The maximum Gasteiger partial charge on any atom is 0.191 e. The molecule has 0 heterocycles. The molecule has 0 unspecified atom stereocenters. The number of guanidine groups is 1. The number of nitrogens with one attached hydrogen (secondary N) is 2. The molecule has 24 heavy (non-hydrogen) atoms. The first kappa shape index (κ1) is 16.4. The van der Waals surface area contributed by atoms with Crippen molar-refractivity contribution >= 4 is 5.96 Å². The molecule has 1 aliphatic rings. The van der Waals surface area contributed by atoms with Crippen LogP contribution in [0.4, 0.5) is 0 Å². The highest BCUT2D eigenvalue weighted by Crippen LogP contribution is 2.27. The second-order valence-electron chi connectivity index (χ2n) is 6.12. The Morgan fingerprint density at radius 2 is 1.71 bits per heavy atom. The number of rotatable bonds is 7. The van der Waals surface area contributed by atoms with Crippen LogP contribution in [0.1, 0.15) is 24.0 Å². The van der Waals surface area contributed by atoms with Crippen LogP contribution in [0, 0.1) is 5.92 Å². The Labute approximate surface area is 144 Å². The van der Waals surface area contributed by atoms with E-state index in [9.17, 15) is 0 Å². The molecule has 4 heteroatoms.